The fourth-order valence-corrected chi connectivity index (χ4v) is 3.50. The van der Waals surface area contributed by atoms with Crippen LogP contribution in [0.25, 0.3) is 0 Å². The monoisotopic (exact) mass is 540 g/mol. The van der Waals surface area contributed by atoms with Crippen molar-refractivity contribution in [3.05, 3.63) is 48.5 Å². The summed E-state index contributed by atoms with van der Waals surface area (Å²) in [6.07, 6.45) is 2.06. The Morgan fingerprint density at radius 3 is 2.23 bits per heavy atom. The van der Waals surface area contributed by atoms with Crippen LogP contribution in [-0.4, -0.2) is 59.5 Å². The predicted octanol–water partition coefficient (Wildman–Crippen LogP) is 3.53. The largest absolute Gasteiger partial charge is 0.497 e. The van der Waals surface area contributed by atoms with Gasteiger partial charge in [0.25, 0.3) is 0 Å². The molecule has 1 heterocycles. The van der Waals surface area contributed by atoms with E-state index in [-0.39, 0.29) is 24.0 Å². The Balaban J connectivity index is 0.00000341. The molecule has 0 bridgehead atoms. The maximum Gasteiger partial charge on any atom is 0.191 e. The van der Waals surface area contributed by atoms with E-state index in [1.807, 2.05) is 36.4 Å². The summed E-state index contributed by atoms with van der Waals surface area (Å²) in [5.41, 5.74) is 1.13. The minimum absolute atomic E-state index is 0. The third kappa shape index (κ3) is 7.68. The molecule has 2 aromatic rings. The van der Waals surface area contributed by atoms with Crippen molar-refractivity contribution in [2.24, 2.45) is 4.99 Å². The fraction of sp³-hybridized carbons (Fsp3) is 0.435. The quantitative estimate of drug-likeness (QED) is 0.231. The second-order valence-corrected chi connectivity index (χ2v) is 7.14. The number of piperidine rings is 1. The molecule has 0 unspecified atom stereocenters. The number of halogens is 1. The normalized spacial score (nSPS) is 14.4. The molecule has 0 aliphatic carbocycles. The summed E-state index contributed by atoms with van der Waals surface area (Å²) < 4.78 is 16.5. The first-order valence-electron chi connectivity index (χ1n) is 10.3. The Bertz CT molecular complexity index is 789. The van der Waals surface area contributed by atoms with Crippen LogP contribution in [0.15, 0.2) is 53.5 Å². The van der Waals surface area contributed by atoms with Gasteiger partial charge in [0, 0.05) is 50.1 Å². The highest BCUT2D eigenvalue weighted by Gasteiger charge is 2.21. The number of benzene rings is 2. The third-order valence-electron chi connectivity index (χ3n) is 5.17. The first-order valence-corrected chi connectivity index (χ1v) is 10.3. The lowest BCUT2D eigenvalue weighted by molar-refractivity contribution is 0.321. The molecule has 2 aromatic carbocycles. The van der Waals surface area contributed by atoms with Gasteiger partial charge < -0.3 is 29.7 Å². The van der Waals surface area contributed by atoms with Crippen LogP contribution >= 0.6 is 24.0 Å². The van der Waals surface area contributed by atoms with Gasteiger partial charge in [-0.05, 0) is 25.0 Å². The molecule has 8 heteroatoms. The molecule has 1 saturated heterocycles. The Morgan fingerprint density at radius 1 is 1.00 bits per heavy atom. The maximum absolute atomic E-state index is 5.72. The van der Waals surface area contributed by atoms with Crippen LogP contribution in [0.5, 0.6) is 17.2 Å². The molecular formula is C23H33IN4O3. The molecule has 1 fully saturated rings. The van der Waals surface area contributed by atoms with Crippen molar-refractivity contribution in [1.82, 2.24) is 10.6 Å². The standard InChI is InChI=1S/C23H32N4O3.HI/c1-24-23(25-11-14-30-20-7-5-4-6-8-20)26-18-9-12-27(13-10-18)19-15-21(28-2)17-22(16-19)29-3;/h4-8,15-18H,9-14H2,1-3H3,(H2,24,25,26);1H. The number of anilines is 1. The van der Waals surface area contributed by atoms with E-state index >= 15 is 0 Å². The van der Waals surface area contributed by atoms with Crippen molar-refractivity contribution >= 4 is 35.6 Å². The first kappa shape index (κ1) is 24.9. The Kier molecular flexibility index (Phi) is 10.6. The summed E-state index contributed by atoms with van der Waals surface area (Å²) in [4.78, 5) is 6.71. The molecular weight excluding hydrogens is 507 g/mol. The van der Waals surface area contributed by atoms with Gasteiger partial charge in [-0.15, -0.1) is 24.0 Å². The first-order chi connectivity index (χ1) is 14.7. The molecule has 0 spiro atoms. The Labute approximate surface area is 202 Å². The van der Waals surface area contributed by atoms with Gasteiger partial charge in [-0.25, -0.2) is 0 Å². The fourth-order valence-electron chi connectivity index (χ4n) is 3.50. The van der Waals surface area contributed by atoms with Crippen molar-refractivity contribution in [2.75, 3.05) is 52.4 Å². The van der Waals surface area contributed by atoms with Crippen LogP contribution < -0.4 is 29.7 Å². The molecule has 1 aliphatic heterocycles. The number of rotatable bonds is 8. The molecule has 31 heavy (non-hydrogen) atoms. The highest BCUT2D eigenvalue weighted by molar-refractivity contribution is 14.0. The highest BCUT2D eigenvalue weighted by Crippen LogP contribution is 2.30. The minimum atomic E-state index is 0. The van der Waals surface area contributed by atoms with E-state index < -0.39 is 0 Å². The highest BCUT2D eigenvalue weighted by atomic mass is 127. The second-order valence-electron chi connectivity index (χ2n) is 7.14. The van der Waals surface area contributed by atoms with Crippen molar-refractivity contribution < 1.29 is 14.2 Å². The summed E-state index contributed by atoms with van der Waals surface area (Å²) in [6, 6.07) is 16.2. The van der Waals surface area contributed by atoms with E-state index in [1.54, 1.807) is 21.3 Å². The zero-order valence-electron chi connectivity index (χ0n) is 18.5. The van der Waals surface area contributed by atoms with Gasteiger partial charge in [0.2, 0.25) is 0 Å². The van der Waals surface area contributed by atoms with Crippen LogP contribution in [0.4, 0.5) is 5.69 Å². The van der Waals surface area contributed by atoms with Gasteiger partial charge in [-0.3, -0.25) is 4.99 Å². The predicted molar refractivity (Wildman–Crippen MR) is 137 cm³/mol. The number of nitrogens with zero attached hydrogens (tertiary/aromatic N) is 2. The van der Waals surface area contributed by atoms with Crippen LogP contribution in [0.2, 0.25) is 0 Å². The molecule has 1 aliphatic rings. The molecule has 3 rings (SSSR count). The SMILES string of the molecule is CN=C(NCCOc1ccccc1)NC1CCN(c2cc(OC)cc(OC)c2)CC1.I. The summed E-state index contributed by atoms with van der Waals surface area (Å²) in [5.74, 6) is 3.32. The zero-order valence-corrected chi connectivity index (χ0v) is 20.8. The summed E-state index contributed by atoms with van der Waals surface area (Å²) >= 11 is 0. The molecule has 0 saturated carbocycles. The Morgan fingerprint density at radius 2 is 1.65 bits per heavy atom. The maximum atomic E-state index is 5.72. The molecule has 0 amide bonds. The third-order valence-corrected chi connectivity index (χ3v) is 5.17. The van der Waals surface area contributed by atoms with Crippen molar-refractivity contribution in [1.29, 1.82) is 0 Å². The van der Waals surface area contributed by atoms with Crippen molar-refractivity contribution in [3.8, 4) is 17.2 Å². The summed E-state index contributed by atoms with van der Waals surface area (Å²) in [7, 11) is 5.15. The van der Waals surface area contributed by atoms with E-state index in [4.69, 9.17) is 14.2 Å². The lowest BCUT2D eigenvalue weighted by Gasteiger charge is -2.34. The van der Waals surface area contributed by atoms with Crippen LogP contribution in [0, 0.1) is 0 Å². The van der Waals surface area contributed by atoms with E-state index in [1.165, 1.54) is 0 Å². The van der Waals surface area contributed by atoms with Crippen LogP contribution in [0.3, 0.4) is 0 Å². The van der Waals surface area contributed by atoms with Gasteiger partial charge in [0.1, 0.15) is 23.9 Å². The minimum Gasteiger partial charge on any atom is -0.497 e. The number of hydrogen-bond donors (Lipinski definition) is 2. The average molecular weight is 540 g/mol. The molecule has 0 aromatic heterocycles. The molecule has 170 valence electrons. The zero-order chi connectivity index (χ0) is 21.2. The lowest BCUT2D eigenvalue weighted by Crippen LogP contribution is -2.49. The molecule has 0 atom stereocenters. The van der Waals surface area contributed by atoms with Gasteiger partial charge >= 0.3 is 0 Å². The van der Waals surface area contributed by atoms with Crippen molar-refractivity contribution in [2.45, 2.75) is 18.9 Å². The van der Waals surface area contributed by atoms with Gasteiger partial charge in [-0.1, -0.05) is 18.2 Å². The number of methoxy groups -OCH3 is 2. The smallest absolute Gasteiger partial charge is 0.191 e. The average Bonchev–Trinajstić information content (AvgIpc) is 2.81. The topological polar surface area (TPSA) is 67.4 Å². The Hall–Kier alpha value is -2.36. The summed E-state index contributed by atoms with van der Waals surface area (Å²) in [5, 5.41) is 6.86. The van der Waals surface area contributed by atoms with Gasteiger partial charge in [0.05, 0.1) is 20.8 Å². The number of aliphatic imine (C=N–C) groups is 1. The van der Waals surface area contributed by atoms with E-state index in [2.05, 4.69) is 32.7 Å². The van der Waals surface area contributed by atoms with Crippen LogP contribution in [-0.2, 0) is 0 Å². The van der Waals surface area contributed by atoms with Gasteiger partial charge in [-0.2, -0.15) is 0 Å². The van der Waals surface area contributed by atoms with Crippen molar-refractivity contribution in [3.63, 3.8) is 0 Å². The van der Waals surface area contributed by atoms with Crippen LogP contribution in [0.1, 0.15) is 12.8 Å². The number of hydrogen-bond acceptors (Lipinski definition) is 5. The number of para-hydroxylation sites is 1. The summed E-state index contributed by atoms with van der Waals surface area (Å²) in [6.45, 7) is 3.20. The van der Waals surface area contributed by atoms with E-state index in [0.717, 1.165) is 54.8 Å². The number of guanidine groups is 1. The van der Waals surface area contributed by atoms with E-state index in [0.29, 0.717) is 19.2 Å². The molecule has 0 radical (unpaired) electrons. The van der Waals surface area contributed by atoms with Gasteiger partial charge in [0.15, 0.2) is 5.96 Å². The second kappa shape index (κ2) is 13.1. The van der Waals surface area contributed by atoms with E-state index in [9.17, 15) is 0 Å². The molecule has 7 nitrogen and oxygen atoms in total. The number of nitrogens with one attached hydrogen (secondary N) is 2. The molecule has 2 N–H and O–H groups in total. The lowest BCUT2D eigenvalue weighted by atomic mass is 10.0. The number of ether oxygens (including phenoxy) is 3.